The number of carbonyl (C=O) groups excluding carboxylic acids is 1. The minimum Gasteiger partial charge on any atom is -0.349 e. The van der Waals surface area contributed by atoms with Crippen molar-refractivity contribution in [2.45, 2.75) is 31.7 Å². The number of fused-ring (bicyclic) bond motifs is 2. The fraction of sp³-hybridized carbons (Fsp3) is 0.263. The Morgan fingerprint density at radius 1 is 1.17 bits per heavy atom. The van der Waals surface area contributed by atoms with Gasteiger partial charge in [-0.1, -0.05) is 36.4 Å². The third-order valence-corrected chi connectivity index (χ3v) is 5.47. The summed E-state index contributed by atoms with van der Waals surface area (Å²) in [6.07, 6.45) is 3.27. The van der Waals surface area contributed by atoms with Gasteiger partial charge in [0.2, 0.25) is 5.91 Å². The number of rotatable bonds is 4. The van der Waals surface area contributed by atoms with Gasteiger partial charge in [-0.3, -0.25) is 4.79 Å². The normalized spacial score (nSPS) is 16.4. The molecule has 0 fully saturated rings. The van der Waals surface area contributed by atoms with E-state index in [-0.39, 0.29) is 11.9 Å². The molecule has 1 aromatic heterocycles. The first-order chi connectivity index (χ1) is 11.3. The molecule has 2 aromatic carbocycles. The van der Waals surface area contributed by atoms with E-state index in [0.717, 1.165) is 23.4 Å². The number of aromatic nitrogens is 1. The van der Waals surface area contributed by atoms with E-state index in [0.29, 0.717) is 12.8 Å². The van der Waals surface area contributed by atoms with E-state index < -0.39 is 0 Å². The van der Waals surface area contributed by atoms with E-state index in [1.807, 2.05) is 24.3 Å². The van der Waals surface area contributed by atoms with Gasteiger partial charge in [0.25, 0.3) is 0 Å². The maximum absolute atomic E-state index is 12.3. The lowest BCUT2D eigenvalue weighted by atomic mass is 10.1. The number of thiazole rings is 1. The number of nitrogens with zero attached hydrogens (tertiary/aromatic N) is 1. The van der Waals surface area contributed by atoms with Crippen LogP contribution in [-0.4, -0.2) is 10.9 Å². The Balaban J connectivity index is 1.37. The zero-order valence-corrected chi connectivity index (χ0v) is 13.6. The summed E-state index contributed by atoms with van der Waals surface area (Å²) in [6.45, 7) is 0. The van der Waals surface area contributed by atoms with Crippen LogP contribution in [0, 0.1) is 0 Å². The molecular formula is C19H18N2OS. The minimum absolute atomic E-state index is 0.117. The summed E-state index contributed by atoms with van der Waals surface area (Å²) in [6, 6.07) is 16.7. The average Bonchev–Trinajstić information content (AvgIpc) is 3.17. The highest BCUT2D eigenvalue weighted by molar-refractivity contribution is 7.18. The fourth-order valence-corrected chi connectivity index (χ4v) is 4.19. The van der Waals surface area contributed by atoms with E-state index in [4.69, 9.17) is 0 Å². The topological polar surface area (TPSA) is 42.0 Å². The molecule has 0 unspecified atom stereocenters. The largest absolute Gasteiger partial charge is 0.349 e. The predicted octanol–water partition coefficient (Wildman–Crippen LogP) is 4.03. The Kier molecular flexibility index (Phi) is 3.83. The van der Waals surface area contributed by atoms with Crippen LogP contribution >= 0.6 is 11.3 Å². The number of para-hydroxylation sites is 1. The maximum atomic E-state index is 12.3. The summed E-state index contributed by atoms with van der Waals surface area (Å²) in [5.41, 5.74) is 3.67. The van der Waals surface area contributed by atoms with E-state index in [1.54, 1.807) is 11.3 Å². The van der Waals surface area contributed by atoms with Gasteiger partial charge in [-0.05, 0) is 36.1 Å². The second-order valence-electron chi connectivity index (χ2n) is 5.93. The molecule has 1 N–H and O–H groups in total. The van der Waals surface area contributed by atoms with E-state index in [9.17, 15) is 4.79 Å². The fourth-order valence-electron chi connectivity index (χ4n) is 3.22. The van der Waals surface area contributed by atoms with Gasteiger partial charge in [0.1, 0.15) is 0 Å². The third-order valence-electron chi connectivity index (χ3n) is 4.37. The van der Waals surface area contributed by atoms with Crippen molar-refractivity contribution in [2.24, 2.45) is 0 Å². The minimum atomic E-state index is 0.117. The van der Waals surface area contributed by atoms with Crippen LogP contribution in [0.3, 0.4) is 0 Å². The first-order valence-electron chi connectivity index (χ1n) is 8.01. The Hall–Kier alpha value is -2.20. The van der Waals surface area contributed by atoms with Crippen LogP contribution in [0.2, 0.25) is 0 Å². The van der Waals surface area contributed by atoms with Crippen molar-refractivity contribution < 1.29 is 4.79 Å². The van der Waals surface area contributed by atoms with Crippen LogP contribution in [0.5, 0.6) is 0 Å². The van der Waals surface area contributed by atoms with E-state index >= 15 is 0 Å². The summed E-state index contributed by atoms with van der Waals surface area (Å²) in [7, 11) is 0. The standard InChI is InChI=1S/C19H18N2OS/c22-18(20-15-10-9-13-5-1-2-6-14(13)15)11-12-19-21-16-7-3-4-8-17(16)23-19/h1-8,15H,9-12H2,(H,20,22)/t15-/m1/s1. The molecule has 1 atom stereocenters. The molecule has 0 aliphatic heterocycles. The summed E-state index contributed by atoms with van der Waals surface area (Å²) in [5.74, 6) is 0.117. The van der Waals surface area contributed by atoms with Crippen molar-refractivity contribution >= 4 is 27.5 Å². The van der Waals surface area contributed by atoms with Gasteiger partial charge in [0, 0.05) is 12.8 Å². The van der Waals surface area contributed by atoms with Crippen molar-refractivity contribution in [3.63, 3.8) is 0 Å². The van der Waals surface area contributed by atoms with Crippen LogP contribution in [-0.2, 0) is 17.6 Å². The molecule has 3 aromatic rings. The van der Waals surface area contributed by atoms with Crippen LogP contribution in [0.4, 0.5) is 0 Å². The summed E-state index contributed by atoms with van der Waals surface area (Å²) < 4.78 is 1.19. The van der Waals surface area contributed by atoms with Crippen LogP contribution in [0.25, 0.3) is 10.2 Å². The van der Waals surface area contributed by atoms with Gasteiger partial charge in [0.15, 0.2) is 0 Å². The monoisotopic (exact) mass is 322 g/mol. The van der Waals surface area contributed by atoms with Crippen molar-refractivity contribution in [3.05, 3.63) is 64.7 Å². The van der Waals surface area contributed by atoms with Crippen LogP contribution in [0.1, 0.15) is 35.0 Å². The van der Waals surface area contributed by atoms with Crippen LogP contribution < -0.4 is 5.32 Å². The summed E-state index contributed by atoms with van der Waals surface area (Å²) >= 11 is 1.68. The smallest absolute Gasteiger partial charge is 0.220 e. The molecule has 4 rings (SSSR count). The van der Waals surface area contributed by atoms with E-state index in [2.05, 4.69) is 34.6 Å². The zero-order chi connectivity index (χ0) is 15.6. The second-order valence-corrected chi connectivity index (χ2v) is 7.05. The number of hydrogen-bond acceptors (Lipinski definition) is 3. The molecule has 0 saturated heterocycles. The quantitative estimate of drug-likeness (QED) is 0.788. The predicted molar refractivity (Wildman–Crippen MR) is 93.6 cm³/mol. The molecule has 1 aliphatic rings. The SMILES string of the molecule is O=C(CCc1nc2ccccc2s1)N[C@@H]1CCc2ccccc21. The molecule has 23 heavy (non-hydrogen) atoms. The lowest BCUT2D eigenvalue weighted by Gasteiger charge is -2.13. The highest BCUT2D eigenvalue weighted by Crippen LogP contribution is 2.30. The highest BCUT2D eigenvalue weighted by Gasteiger charge is 2.23. The molecule has 1 amide bonds. The number of nitrogens with one attached hydrogen (secondary N) is 1. The Bertz CT molecular complexity index is 822. The molecule has 4 heteroatoms. The molecule has 0 spiro atoms. The van der Waals surface area contributed by atoms with Gasteiger partial charge in [-0.2, -0.15) is 0 Å². The second kappa shape index (κ2) is 6.13. The van der Waals surface area contributed by atoms with Gasteiger partial charge >= 0.3 is 0 Å². The Morgan fingerprint density at radius 3 is 2.91 bits per heavy atom. The molecule has 0 saturated carbocycles. The summed E-state index contributed by atoms with van der Waals surface area (Å²) in [5, 5.41) is 4.21. The summed E-state index contributed by atoms with van der Waals surface area (Å²) in [4.78, 5) is 16.9. The van der Waals surface area contributed by atoms with Gasteiger partial charge in [0.05, 0.1) is 21.3 Å². The maximum Gasteiger partial charge on any atom is 0.220 e. The molecule has 1 heterocycles. The lowest BCUT2D eigenvalue weighted by Crippen LogP contribution is -2.27. The molecule has 116 valence electrons. The van der Waals surface area contributed by atoms with E-state index in [1.165, 1.54) is 15.8 Å². The average molecular weight is 322 g/mol. The van der Waals surface area contributed by atoms with Crippen molar-refractivity contribution in [2.75, 3.05) is 0 Å². The number of benzene rings is 2. The number of aryl methyl sites for hydroxylation is 2. The van der Waals surface area contributed by atoms with Crippen molar-refractivity contribution in [1.29, 1.82) is 0 Å². The van der Waals surface area contributed by atoms with Gasteiger partial charge in [-0.25, -0.2) is 4.98 Å². The molecular weight excluding hydrogens is 304 g/mol. The molecule has 3 nitrogen and oxygen atoms in total. The Labute approximate surface area is 139 Å². The lowest BCUT2D eigenvalue weighted by molar-refractivity contribution is -0.121. The molecule has 1 aliphatic carbocycles. The zero-order valence-electron chi connectivity index (χ0n) is 12.8. The molecule has 0 radical (unpaired) electrons. The van der Waals surface area contributed by atoms with Crippen molar-refractivity contribution in [3.8, 4) is 0 Å². The first kappa shape index (κ1) is 14.4. The third kappa shape index (κ3) is 2.99. The number of amides is 1. The van der Waals surface area contributed by atoms with Crippen molar-refractivity contribution in [1.82, 2.24) is 10.3 Å². The molecule has 0 bridgehead atoms. The van der Waals surface area contributed by atoms with Gasteiger partial charge in [-0.15, -0.1) is 11.3 Å². The Morgan fingerprint density at radius 2 is 2.00 bits per heavy atom. The van der Waals surface area contributed by atoms with Gasteiger partial charge < -0.3 is 5.32 Å². The number of hydrogen-bond donors (Lipinski definition) is 1. The first-order valence-corrected chi connectivity index (χ1v) is 8.83. The van der Waals surface area contributed by atoms with Crippen LogP contribution in [0.15, 0.2) is 48.5 Å². The highest BCUT2D eigenvalue weighted by atomic mass is 32.1. The number of carbonyl (C=O) groups is 1.